The number of carbonyl (C=O) groups excluding carboxylic acids is 5. The Morgan fingerprint density at radius 2 is 1.77 bits per heavy atom. The van der Waals surface area contributed by atoms with Gasteiger partial charge in [0.15, 0.2) is 11.7 Å². The van der Waals surface area contributed by atoms with Crippen molar-refractivity contribution in [2.45, 2.75) is 105 Å². The lowest BCUT2D eigenvalue weighted by Crippen LogP contribution is -2.58. The van der Waals surface area contributed by atoms with Crippen LogP contribution >= 0.6 is 0 Å². The molecule has 3 aliphatic rings. The van der Waals surface area contributed by atoms with Crippen LogP contribution in [0.25, 0.3) is 33.5 Å². The summed E-state index contributed by atoms with van der Waals surface area (Å²) >= 11 is 0. The van der Waals surface area contributed by atoms with Gasteiger partial charge in [0, 0.05) is 86.9 Å². The van der Waals surface area contributed by atoms with Gasteiger partial charge in [-0.15, -0.1) is 0 Å². The van der Waals surface area contributed by atoms with Crippen molar-refractivity contribution >= 4 is 47.6 Å². The van der Waals surface area contributed by atoms with E-state index in [9.17, 15) is 23.6 Å². The van der Waals surface area contributed by atoms with Gasteiger partial charge in [-0.1, -0.05) is 34.3 Å². The average molecular weight is 1020 g/mol. The number of fused-ring (bicyclic) bond motifs is 1. The zero-order chi connectivity index (χ0) is 53.6. The van der Waals surface area contributed by atoms with Crippen LogP contribution in [0.3, 0.4) is 0 Å². The number of likely N-dealkylation sites (N-methyl/N-ethyl adjacent to an activating group) is 2. The van der Waals surface area contributed by atoms with Crippen molar-refractivity contribution in [3.05, 3.63) is 66.5 Å². The molecule has 3 amide bonds. The first-order valence-electron chi connectivity index (χ1n) is 25.4. The number of ether oxygens (including phenoxy) is 2. The summed E-state index contributed by atoms with van der Waals surface area (Å²) in [6, 6.07) is 7.28. The molecule has 6 heterocycles. The number of carbonyl (C=O) groups is 5. The van der Waals surface area contributed by atoms with Crippen LogP contribution in [-0.2, 0) is 52.8 Å². The van der Waals surface area contributed by atoms with E-state index in [0.717, 1.165) is 83.7 Å². The number of aromatic nitrogens is 3. The number of aryl methyl sites for hydroxylation is 1. The minimum Gasteiger partial charge on any atom is -0.467 e. The molecule has 0 aliphatic carbocycles. The number of piperazine rings is 1. The Morgan fingerprint density at radius 1 is 1.04 bits per heavy atom. The molecule has 4 aromatic rings. The third-order valence-electron chi connectivity index (χ3n) is 13.7. The molecule has 0 bridgehead atoms. The number of methoxy groups -OCH3 is 1. The van der Waals surface area contributed by atoms with Gasteiger partial charge in [0.05, 0.1) is 61.2 Å². The van der Waals surface area contributed by atoms with Gasteiger partial charge in [-0.2, -0.15) is 0 Å². The lowest BCUT2D eigenvalue weighted by Gasteiger charge is -2.34. The molecule has 3 aliphatic heterocycles. The summed E-state index contributed by atoms with van der Waals surface area (Å²) in [5, 5.41) is 5.70. The molecule has 3 saturated heterocycles. The molecule has 0 radical (unpaired) electrons. The molecule has 3 fully saturated rings. The van der Waals surface area contributed by atoms with Crippen LogP contribution in [0.1, 0.15) is 84.1 Å². The van der Waals surface area contributed by atoms with Crippen molar-refractivity contribution < 1.29 is 42.3 Å². The van der Waals surface area contributed by atoms with Gasteiger partial charge >= 0.3 is 0 Å². The minimum absolute atomic E-state index is 0.0327. The Balaban J connectivity index is 0.000000728. The summed E-state index contributed by atoms with van der Waals surface area (Å²) in [4.78, 5) is 75.7. The summed E-state index contributed by atoms with van der Waals surface area (Å²) in [6.45, 7) is 24.9. The lowest BCUT2D eigenvalue weighted by atomic mass is 9.84. The Labute approximate surface area is 430 Å². The zero-order valence-corrected chi connectivity index (χ0v) is 44.7. The van der Waals surface area contributed by atoms with Crippen molar-refractivity contribution in [2.24, 2.45) is 11.3 Å². The quantitative estimate of drug-likeness (QED) is 0.0838. The molecule has 19 heteroatoms. The van der Waals surface area contributed by atoms with E-state index in [1.165, 1.54) is 11.0 Å². The monoisotopic (exact) mass is 1010 g/mol. The summed E-state index contributed by atoms with van der Waals surface area (Å²) in [5.41, 5.74) is 9.73. The molecule has 3 aromatic heterocycles. The highest BCUT2D eigenvalue weighted by Crippen LogP contribution is 2.43. The van der Waals surface area contributed by atoms with Gasteiger partial charge in [-0.25, -0.2) is 14.8 Å². The van der Waals surface area contributed by atoms with Crippen molar-refractivity contribution in [3.63, 3.8) is 0 Å². The van der Waals surface area contributed by atoms with Gasteiger partial charge < -0.3 is 43.3 Å². The minimum atomic E-state index is -0.879. The molecular weight excluding hydrogens is 936 g/mol. The highest BCUT2D eigenvalue weighted by Gasteiger charge is 2.34. The Hall–Kier alpha value is -6.02. The Morgan fingerprint density at radius 3 is 2.36 bits per heavy atom. The molecule has 2 N–H and O–H groups in total. The number of oxazole rings is 1. The highest BCUT2D eigenvalue weighted by molar-refractivity contribution is 5.95. The van der Waals surface area contributed by atoms with Gasteiger partial charge in [0.1, 0.15) is 19.0 Å². The molecule has 18 nitrogen and oxygen atoms in total. The number of halogens is 1. The number of benzene rings is 1. The number of hydrogen-bond acceptors (Lipinski definition) is 14. The number of amides is 3. The third kappa shape index (κ3) is 14.6. The first kappa shape index (κ1) is 57.9. The molecular formula is C54H79FN10O8. The molecule has 0 saturated carbocycles. The smallest absolute Gasteiger partial charge is 0.293 e. The van der Waals surface area contributed by atoms with Gasteiger partial charge in [-0.3, -0.25) is 34.1 Å². The van der Waals surface area contributed by atoms with Crippen LogP contribution in [0, 0.1) is 11.3 Å². The number of hydrogen-bond donors (Lipinski definition) is 2. The number of anilines is 1. The van der Waals surface area contributed by atoms with E-state index in [1.54, 1.807) is 18.3 Å². The molecule has 0 spiro atoms. The van der Waals surface area contributed by atoms with E-state index in [2.05, 4.69) is 82.7 Å². The van der Waals surface area contributed by atoms with E-state index >= 15 is 0 Å². The number of alkyl halides is 1. The first-order chi connectivity index (χ1) is 34.9. The van der Waals surface area contributed by atoms with Crippen molar-refractivity contribution in [3.8, 4) is 22.6 Å². The second-order valence-corrected chi connectivity index (χ2v) is 20.4. The number of nitrogens with one attached hydrogen (secondary N) is 2. The fourth-order valence-electron chi connectivity index (χ4n) is 9.92. The van der Waals surface area contributed by atoms with Crippen molar-refractivity contribution in [2.75, 3.05) is 92.1 Å². The normalized spacial score (nSPS) is 17.6. The van der Waals surface area contributed by atoms with Crippen LogP contribution in [0.4, 0.5) is 10.1 Å². The maximum atomic E-state index is 13.9. The van der Waals surface area contributed by atoms with E-state index in [-0.39, 0.29) is 49.3 Å². The molecule has 1 aromatic carbocycles. The Bertz CT molecular complexity index is 2470. The van der Waals surface area contributed by atoms with E-state index < -0.39 is 23.7 Å². The molecule has 4 atom stereocenters. The summed E-state index contributed by atoms with van der Waals surface area (Å²) in [5.74, 6) is 0.325. The summed E-state index contributed by atoms with van der Waals surface area (Å²) in [6.07, 6.45) is 6.80. The van der Waals surface area contributed by atoms with Crippen molar-refractivity contribution in [1.82, 2.24) is 45.0 Å². The van der Waals surface area contributed by atoms with Crippen LogP contribution < -0.4 is 15.6 Å². The molecule has 73 heavy (non-hydrogen) atoms. The van der Waals surface area contributed by atoms with Crippen molar-refractivity contribution in [1.29, 1.82) is 0 Å². The van der Waals surface area contributed by atoms with Crippen LogP contribution in [-0.4, -0.2) is 171 Å². The second kappa shape index (κ2) is 26.8. The molecule has 7 rings (SSSR count). The van der Waals surface area contributed by atoms with Crippen LogP contribution in [0.15, 0.2) is 53.7 Å². The number of hydrazine groups is 1. The Kier molecular flexibility index (Phi) is 21.2. The maximum absolute atomic E-state index is 13.9. The summed E-state index contributed by atoms with van der Waals surface area (Å²) < 4.78 is 32.5. The number of nitrogens with zero attached hydrogens (tertiary/aromatic N) is 8. The van der Waals surface area contributed by atoms with Gasteiger partial charge in [0.25, 0.3) is 12.4 Å². The van der Waals surface area contributed by atoms with Crippen LogP contribution in [0.2, 0.25) is 0 Å². The second-order valence-electron chi connectivity index (χ2n) is 20.4. The SMILES string of the molecule is C=CC(=O)N1CCC(F)C1.C=O.CCn1c(-c2cc(N3CCN(C)CC3)cnc2C(C)OC)c(CC(C)(C)COC=O)c2cc(-c3cnc(CC(NC(=O)C(C(C)C)N(C)C)C(=O)N4CCCCN4)o3)ccc21. The predicted octanol–water partition coefficient (Wildman–Crippen LogP) is 5.88. The van der Waals surface area contributed by atoms with E-state index in [4.69, 9.17) is 23.7 Å². The third-order valence-corrected chi connectivity index (χ3v) is 13.7. The first-order valence-corrected chi connectivity index (χ1v) is 25.4. The van der Waals surface area contributed by atoms with E-state index in [1.807, 2.05) is 58.8 Å². The standard InChI is InChI=1S/C46H67N9O6.C7H10FNO.CH2O/c1-11-54-38-15-14-32(39-27-47-40(61-39)24-37(45(58)55-17-13-12-16-49-55)50-44(57)42(30(2)3)51(7)8)22-34(38)36(25-46(5,6)28-60-29-56)43(54)35-23-33(26-48-41(35)31(4)59-10)53-20-18-52(9)19-21-53;1-2-7(10)9-4-3-6(8)5-9;1-2/h14-15,22-23,26-27,29-31,37,42,49H,11-13,16-21,24-25,28H2,1-10H3,(H,50,57);2,6H,1,3-5H2;1H2. The highest BCUT2D eigenvalue weighted by atomic mass is 19.1. The maximum Gasteiger partial charge on any atom is 0.293 e. The van der Waals surface area contributed by atoms with E-state index in [0.29, 0.717) is 57.1 Å². The zero-order valence-electron chi connectivity index (χ0n) is 44.7. The van der Waals surface area contributed by atoms with Gasteiger partial charge in [-0.05, 0) is 102 Å². The number of rotatable bonds is 19. The molecule has 4 unspecified atom stereocenters. The predicted molar refractivity (Wildman–Crippen MR) is 281 cm³/mol. The fraction of sp³-hybridized carbons (Fsp3) is 0.574. The lowest BCUT2D eigenvalue weighted by molar-refractivity contribution is -0.141. The fourth-order valence-corrected chi connectivity index (χ4v) is 9.92. The largest absolute Gasteiger partial charge is 0.467 e. The van der Waals surface area contributed by atoms with Gasteiger partial charge in [0.2, 0.25) is 11.8 Å². The number of likely N-dealkylation sites (tertiary alicyclic amines) is 1. The molecule has 400 valence electrons. The number of pyridine rings is 1. The summed E-state index contributed by atoms with van der Waals surface area (Å²) in [7, 11) is 7.60. The van der Waals surface area contributed by atoms with Crippen LogP contribution in [0.5, 0.6) is 0 Å². The average Bonchev–Trinajstić information content (AvgIpc) is 4.12. The topological polar surface area (TPSA) is 188 Å².